The molecule has 0 aliphatic carbocycles. The average Bonchev–Trinajstić information content (AvgIpc) is 3.20. The molecule has 0 fully saturated rings. The third-order valence-electron chi connectivity index (χ3n) is 6.06. The number of amides is 1. The summed E-state index contributed by atoms with van der Waals surface area (Å²) in [5.41, 5.74) is 6.68. The van der Waals surface area contributed by atoms with E-state index in [0.717, 1.165) is 50.4 Å². The summed E-state index contributed by atoms with van der Waals surface area (Å²) in [6.45, 7) is 10.2. The molecule has 1 amide bonds. The number of aromatic nitrogens is 2. The molecule has 0 aliphatic rings. The van der Waals surface area contributed by atoms with Crippen molar-refractivity contribution in [1.29, 1.82) is 0 Å². The summed E-state index contributed by atoms with van der Waals surface area (Å²) in [5.74, 6) is 1.52. The second kappa shape index (κ2) is 9.10. The van der Waals surface area contributed by atoms with Gasteiger partial charge in [-0.3, -0.25) is 4.79 Å². The number of hydrogen-bond acceptors (Lipinski definition) is 3. The number of fused-ring (bicyclic) bond motifs is 1. The number of benzene rings is 3. The molecule has 33 heavy (non-hydrogen) atoms. The van der Waals surface area contributed by atoms with Crippen molar-refractivity contribution in [3.8, 4) is 5.75 Å². The van der Waals surface area contributed by atoms with E-state index in [9.17, 15) is 4.79 Å². The van der Waals surface area contributed by atoms with Gasteiger partial charge < -0.3 is 14.6 Å². The fourth-order valence-electron chi connectivity index (χ4n) is 4.63. The molecule has 0 saturated heterocycles. The van der Waals surface area contributed by atoms with Crippen LogP contribution in [0.3, 0.4) is 0 Å². The van der Waals surface area contributed by atoms with E-state index in [-0.39, 0.29) is 18.0 Å². The van der Waals surface area contributed by atoms with Gasteiger partial charge in [0.1, 0.15) is 17.6 Å². The Morgan fingerprint density at radius 1 is 0.970 bits per heavy atom. The van der Waals surface area contributed by atoms with Crippen LogP contribution in [-0.2, 0) is 0 Å². The van der Waals surface area contributed by atoms with E-state index >= 15 is 0 Å². The lowest BCUT2D eigenvalue weighted by atomic mass is 9.96. The van der Waals surface area contributed by atoms with Gasteiger partial charge in [-0.15, -0.1) is 0 Å². The standard InChI is InChI=1S/C28H31N3O2/c1-17(2)31(28(32)25-19(4)15-18(3)16-20(25)5)26(21-11-13-22(33-6)14-12-21)27-29-23-9-7-8-10-24(23)30-27/h7-17,26H,1-6H3,(H,29,30). The molecule has 0 aliphatic heterocycles. The van der Waals surface area contributed by atoms with E-state index in [2.05, 4.69) is 37.9 Å². The maximum atomic E-state index is 14.1. The van der Waals surface area contributed by atoms with E-state index in [1.54, 1.807) is 7.11 Å². The van der Waals surface area contributed by atoms with Crippen LogP contribution >= 0.6 is 0 Å². The van der Waals surface area contributed by atoms with Crippen molar-refractivity contribution in [3.05, 3.63) is 94.3 Å². The summed E-state index contributed by atoms with van der Waals surface area (Å²) in [5, 5.41) is 0. The van der Waals surface area contributed by atoms with E-state index in [0.29, 0.717) is 0 Å². The number of imidazole rings is 1. The first-order chi connectivity index (χ1) is 15.8. The number of methoxy groups -OCH3 is 1. The molecule has 4 rings (SSSR count). The molecule has 3 aromatic carbocycles. The van der Waals surface area contributed by atoms with Crippen molar-refractivity contribution >= 4 is 16.9 Å². The van der Waals surface area contributed by atoms with Crippen LogP contribution in [0.15, 0.2) is 60.7 Å². The normalized spacial score (nSPS) is 12.2. The van der Waals surface area contributed by atoms with Crippen LogP contribution in [0.1, 0.15) is 58.3 Å². The van der Waals surface area contributed by atoms with Gasteiger partial charge in [-0.05, 0) is 75.6 Å². The molecule has 1 N–H and O–H groups in total. The maximum absolute atomic E-state index is 14.1. The average molecular weight is 442 g/mol. The second-order valence-corrected chi connectivity index (χ2v) is 8.89. The molecule has 0 radical (unpaired) electrons. The number of H-pyrrole nitrogens is 1. The van der Waals surface area contributed by atoms with Gasteiger partial charge in [-0.2, -0.15) is 0 Å². The Morgan fingerprint density at radius 2 is 1.61 bits per heavy atom. The largest absolute Gasteiger partial charge is 0.497 e. The zero-order chi connectivity index (χ0) is 23.7. The summed E-state index contributed by atoms with van der Waals surface area (Å²) in [4.78, 5) is 24.4. The number of aromatic amines is 1. The highest BCUT2D eigenvalue weighted by atomic mass is 16.5. The van der Waals surface area contributed by atoms with Gasteiger partial charge >= 0.3 is 0 Å². The van der Waals surface area contributed by atoms with Crippen molar-refractivity contribution in [2.45, 2.75) is 46.7 Å². The van der Waals surface area contributed by atoms with Gasteiger partial charge in [0.2, 0.25) is 0 Å². The molecule has 0 saturated carbocycles. The lowest BCUT2D eigenvalue weighted by Gasteiger charge is -2.35. The first-order valence-corrected chi connectivity index (χ1v) is 11.3. The maximum Gasteiger partial charge on any atom is 0.255 e. The molecule has 1 heterocycles. The summed E-state index contributed by atoms with van der Waals surface area (Å²) in [6.07, 6.45) is 0. The first kappa shape index (κ1) is 22.6. The highest BCUT2D eigenvalue weighted by Gasteiger charge is 2.33. The number of aryl methyl sites for hydroxylation is 3. The molecule has 1 aromatic heterocycles. The molecule has 0 bridgehead atoms. The van der Waals surface area contributed by atoms with Gasteiger partial charge in [0.05, 0.1) is 18.1 Å². The fourth-order valence-corrected chi connectivity index (χ4v) is 4.63. The molecule has 5 nitrogen and oxygen atoms in total. The van der Waals surface area contributed by atoms with Crippen molar-refractivity contribution in [2.75, 3.05) is 7.11 Å². The van der Waals surface area contributed by atoms with Crippen LogP contribution < -0.4 is 4.74 Å². The third kappa shape index (κ3) is 4.36. The summed E-state index contributed by atoms with van der Waals surface area (Å²) in [6, 6.07) is 19.5. The van der Waals surface area contributed by atoms with Crippen LogP contribution in [0.25, 0.3) is 11.0 Å². The SMILES string of the molecule is COc1ccc(C(c2nc3ccccc3[nH]2)N(C(=O)c2c(C)cc(C)cc2C)C(C)C)cc1. The van der Waals surface area contributed by atoms with Crippen LogP contribution in [0.4, 0.5) is 0 Å². The summed E-state index contributed by atoms with van der Waals surface area (Å²) >= 11 is 0. The monoisotopic (exact) mass is 441 g/mol. The lowest BCUT2D eigenvalue weighted by molar-refractivity contribution is 0.0635. The predicted molar refractivity (Wildman–Crippen MR) is 133 cm³/mol. The molecule has 0 spiro atoms. The Kier molecular flexibility index (Phi) is 6.23. The highest BCUT2D eigenvalue weighted by molar-refractivity contribution is 5.98. The summed E-state index contributed by atoms with van der Waals surface area (Å²) in [7, 11) is 1.65. The Bertz CT molecular complexity index is 1230. The molecule has 1 unspecified atom stereocenters. The molecule has 170 valence electrons. The topological polar surface area (TPSA) is 58.2 Å². The lowest BCUT2D eigenvalue weighted by Crippen LogP contribution is -2.41. The number of para-hydroxylation sites is 2. The minimum atomic E-state index is -0.379. The predicted octanol–water partition coefficient (Wildman–Crippen LogP) is 6.14. The second-order valence-electron chi connectivity index (χ2n) is 8.89. The molecule has 5 heteroatoms. The number of rotatable bonds is 6. The number of nitrogens with zero attached hydrogens (tertiary/aromatic N) is 2. The number of carbonyl (C=O) groups is 1. The zero-order valence-corrected chi connectivity index (χ0v) is 20.1. The van der Waals surface area contributed by atoms with Crippen molar-refractivity contribution < 1.29 is 9.53 Å². The Morgan fingerprint density at radius 3 is 2.18 bits per heavy atom. The molecular formula is C28H31N3O2. The highest BCUT2D eigenvalue weighted by Crippen LogP contribution is 2.33. The molecule has 1 atom stereocenters. The Labute approximate surface area is 195 Å². The van der Waals surface area contributed by atoms with E-state index in [1.165, 1.54) is 0 Å². The summed E-state index contributed by atoms with van der Waals surface area (Å²) < 4.78 is 5.37. The minimum Gasteiger partial charge on any atom is -0.497 e. The number of hydrogen-bond donors (Lipinski definition) is 1. The zero-order valence-electron chi connectivity index (χ0n) is 20.1. The first-order valence-electron chi connectivity index (χ1n) is 11.3. The van der Waals surface area contributed by atoms with Crippen LogP contribution in [0.2, 0.25) is 0 Å². The molecular weight excluding hydrogens is 410 g/mol. The third-order valence-corrected chi connectivity index (χ3v) is 6.06. The van der Waals surface area contributed by atoms with Crippen molar-refractivity contribution in [1.82, 2.24) is 14.9 Å². The van der Waals surface area contributed by atoms with Crippen molar-refractivity contribution in [2.24, 2.45) is 0 Å². The van der Waals surface area contributed by atoms with Crippen molar-refractivity contribution in [3.63, 3.8) is 0 Å². The van der Waals surface area contributed by atoms with Gasteiger partial charge in [-0.1, -0.05) is 42.0 Å². The van der Waals surface area contributed by atoms with Crippen LogP contribution in [0.5, 0.6) is 5.75 Å². The quantitative estimate of drug-likeness (QED) is 0.391. The number of ether oxygens (including phenoxy) is 1. The fraction of sp³-hybridized carbons (Fsp3) is 0.286. The smallest absolute Gasteiger partial charge is 0.255 e. The van der Waals surface area contributed by atoms with E-state index in [1.807, 2.05) is 67.3 Å². The van der Waals surface area contributed by atoms with E-state index in [4.69, 9.17) is 9.72 Å². The van der Waals surface area contributed by atoms with Crippen LogP contribution in [-0.4, -0.2) is 33.9 Å². The van der Waals surface area contributed by atoms with Gasteiger partial charge in [-0.25, -0.2) is 4.98 Å². The van der Waals surface area contributed by atoms with Gasteiger partial charge in [0.25, 0.3) is 5.91 Å². The Balaban J connectivity index is 1.90. The van der Waals surface area contributed by atoms with Crippen LogP contribution in [0, 0.1) is 20.8 Å². The molecule has 4 aromatic rings. The van der Waals surface area contributed by atoms with Gasteiger partial charge in [0.15, 0.2) is 0 Å². The van der Waals surface area contributed by atoms with E-state index < -0.39 is 0 Å². The van der Waals surface area contributed by atoms with Gasteiger partial charge in [0, 0.05) is 11.6 Å². The minimum absolute atomic E-state index is 0.00118. The number of carbonyl (C=O) groups excluding carboxylic acids is 1. The Hall–Kier alpha value is -3.60. The number of nitrogens with one attached hydrogen (secondary N) is 1.